The van der Waals surface area contributed by atoms with Crippen molar-refractivity contribution in [3.05, 3.63) is 47.5 Å². The molecule has 0 aliphatic carbocycles. The monoisotopic (exact) mass is 252 g/mol. The van der Waals surface area contributed by atoms with Gasteiger partial charge in [-0.25, -0.2) is 0 Å². The SMILES string of the molecule is CS(=O)(=O)O.Cc1ccc(C)c2ccccc12. The Morgan fingerprint density at radius 2 is 1.18 bits per heavy atom. The Balaban J connectivity index is 0.000000249. The number of rotatable bonds is 0. The van der Waals surface area contributed by atoms with E-state index in [2.05, 4.69) is 50.2 Å². The van der Waals surface area contributed by atoms with Gasteiger partial charge in [0.2, 0.25) is 0 Å². The van der Waals surface area contributed by atoms with E-state index >= 15 is 0 Å². The first kappa shape index (κ1) is 13.7. The van der Waals surface area contributed by atoms with E-state index in [1.54, 1.807) is 0 Å². The van der Waals surface area contributed by atoms with Crippen LogP contribution in [-0.4, -0.2) is 19.2 Å². The highest BCUT2D eigenvalue weighted by atomic mass is 32.2. The molecule has 0 aliphatic heterocycles. The fraction of sp³-hybridized carbons (Fsp3) is 0.231. The van der Waals surface area contributed by atoms with Crippen LogP contribution in [-0.2, 0) is 10.1 Å². The van der Waals surface area contributed by atoms with E-state index in [9.17, 15) is 8.42 Å². The van der Waals surface area contributed by atoms with Gasteiger partial charge in [-0.05, 0) is 35.7 Å². The van der Waals surface area contributed by atoms with Crippen molar-refractivity contribution in [2.24, 2.45) is 0 Å². The molecule has 3 nitrogen and oxygen atoms in total. The molecule has 2 aromatic rings. The van der Waals surface area contributed by atoms with Gasteiger partial charge in [-0.1, -0.05) is 36.4 Å². The second kappa shape index (κ2) is 5.29. The highest BCUT2D eigenvalue weighted by Gasteiger charge is 1.97. The Kier molecular flexibility index (Phi) is 4.26. The minimum Gasteiger partial charge on any atom is -0.286 e. The van der Waals surface area contributed by atoms with Crippen molar-refractivity contribution in [1.29, 1.82) is 0 Å². The summed E-state index contributed by atoms with van der Waals surface area (Å²) in [6.45, 7) is 4.31. The van der Waals surface area contributed by atoms with E-state index in [-0.39, 0.29) is 0 Å². The van der Waals surface area contributed by atoms with Crippen molar-refractivity contribution < 1.29 is 13.0 Å². The molecular weight excluding hydrogens is 236 g/mol. The van der Waals surface area contributed by atoms with Gasteiger partial charge in [0.1, 0.15) is 0 Å². The second-order valence-electron chi connectivity index (χ2n) is 3.98. The Labute approximate surface area is 102 Å². The van der Waals surface area contributed by atoms with Crippen LogP contribution in [0.15, 0.2) is 36.4 Å². The van der Waals surface area contributed by atoms with Gasteiger partial charge in [-0.2, -0.15) is 8.42 Å². The summed E-state index contributed by atoms with van der Waals surface area (Å²) in [6.07, 6.45) is 0.715. The lowest BCUT2D eigenvalue weighted by molar-refractivity contribution is 0.490. The predicted molar refractivity (Wildman–Crippen MR) is 70.9 cm³/mol. The van der Waals surface area contributed by atoms with Gasteiger partial charge >= 0.3 is 0 Å². The average Bonchev–Trinajstić information content (AvgIpc) is 2.22. The van der Waals surface area contributed by atoms with Gasteiger partial charge in [-0.3, -0.25) is 4.55 Å². The summed E-state index contributed by atoms with van der Waals surface area (Å²) in [5, 5.41) is 2.75. The topological polar surface area (TPSA) is 54.4 Å². The summed E-state index contributed by atoms with van der Waals surface area (Å²) in [6, 6.07) is 12.9. The smallest absolute Gasteiger partial charge is 0.261 e. The molecular formula is C13H16O3S. The van der Waals surface area contributed by atoms with E-state index in [1.165, 1.54) is 21.9 Å². The summed E-state index contributed by atoms with van der Waals surface area (Å²) in [5.74, 6) is 0. The average molecular weight is 252 g/mol. The number of hydrogen-bond donors (Lipinski definition) is 1. The van der Waals surface area contributed by atoms with Gasteiger partial charge in [0.05, 0.1) is 6.26 Å². The summed E-state index contributed by atoms with van der Waals surface area (Å²) in [4.78, 5) is 0. The van der Waals surface area contributed by atoms with E-state index < -0.39 is 10.1 Å². The van der Waals surface area contributed by atoms with E-state index in [0.717, 1.165) is 0 Å². The van der Waals surface area contributed by atoms with Gasteiger partial charge in [0.15, 0.2) is 0 Å². The molecule has 4 heteroatoms. The van der Waals surface area contributed by atoms with Crippen LogP contribution in [0.3, 0.4) is 0 Å². The fourth-order valence-electron chi connectivity index (χ4n) is 1.60. The first-order valence-electron chi connectivity index (χ1n) is 5.16. The molecule has 0 unspecified atom stereocenters. The van der Waals surface area contributed by atoms with Crippen molar-refractivity contribution in [1.82, 2.24) is 0 Å². The third-order valence-electron chi connectivity index (χ3n) is 2.36. The Hall–Kier alpha value is -1.39. The number of fused-ring (bicyclic) bond motifs is 1. The Bertz CT molecular complexity index is 567. The maximum Gasteiger partial charge on any atom is 0.261 e. The normalized spacial score (nSPS) is 10.8. The van der Waals surface area contributed by atoms with Crippen LogP contribution < -0.4 is 0 Å². The minimum atomic E-state index is -3.67. The van der Waals surface area contributed by atoms with Crippen LogP contribution in [0.4, 0.5) is 0 Å². The molecule has 0 heterocycles. The highest BCUT2D eigenvalue weighted by molar-refractivity contribution is 7.85. The first-order valence-corrected chi connectivity index (χ1v) is 7.01. The maximum atomic E-state index is 9.19. The molecule has 0 radical (unpaired) electrons. The van der Waals surface area contributed by atoms with Crippen LogP contribution >= 0.6 is 0 Å². The summed E-state index contributed by atoms with van der Waals surface area (Å²) < 4.78 is 25.9. The molecule has 0 fully saturated rings. The number of benzene rings is 2. The number of hydrogen-bond acceptors (Lipinski definition) is 2. The van der Waals surface area contributed by atoms with Crippen LogP contribution in [0.2, 0.25) is 0 Å². The lowest BCUT2D eigenvalue weighted by Gasteiger charge is -2.03. The largest absolute Gasteiger partial charge is 0.286 e. The summed E-state index contributed by atoms with van der Waals surface area (Å²) >= 11 is 0. The third-order valence-corrected chi connectivity index (χ3v) is 2.36. The van der Waals surface area contributed by atoms with Crippen LogP contribution in [0.5, 0.6) is 0 Å². The van der Waals surface area contributed by atoms with E-state index in [0.29, 0.717) is 6.26 Å². The van der Waals surface area contributed by atoms with Gasteiger partial charge in [-0.15, -0.1) is 0 Å². The molecule has 2 rings (SSSR count). The molecule has 0 aliphatic rings. The molecule has 0 bridgehead atoms. The quantitative estimate of drug-likeness (QED) is 0.733. The zero-order chi connectivity index (χ0) is 13.1. The second-order valence-corrected chi connectivity index (χ2v) is 5.44. The Morgan fingerprint density at radius 1 is 0.882 bits per heavy atom. The zero-order valence-electron chi connectivity index (χ0n) is 10.1. The van der Waals surface area contributed by atoms with E-state index in [1.807, 2.05) is 0 Å². The third kappa shape index (κ3) is 4.54. The predicted octanol–water partition coefficient (Wildman–Crippen LogP) is 2.96. The lowest BCUT2D eigenvalue weighted by atomic mass is 10.0. The highest BCUT2D eigenvalue weighted by Crippen LogP contribution is 2.20. The fourth-order valence-corrected chi connectivity index (χ4v) is 1.60. The van der Waals surface area contributed by atoms with Crippen molar-refractivity contribution >= 4 is 20.9 Å². The standard InChI is InChI=1S/C12H12.CH4O3S/c1-9-7-8-10(2)12-6-4-3-5-11(9)12;1-5(2,3)4/h3-8H,1-2H3;1H3,(H,2,3,4). The summed E-state index contributed by atoms with van der Waals surface area (Å²) in [5.41, 5.74) is 2.72. The van der Waals surface area contributed by atoms with Crippen LogP contribution in [0.1, 0.15) is 11.1 Å². The van der Waals surface area contributed by atoms with E-state index in [4.69, 9.17) is 4.55 Å². The summed E-state index contributed by atoms with van der Waals surface area (Å²) in [7, 11) is -3.67. The van der Waals surface area contributed by atoms with Gasteiger partial charge in [0, 0.05) is 0 Å². The molecule has 0 spiro atoms. The Morgan fingerprint density at radius 3 is 1.47 bits per heavy atom. The molecule has 0 saturated heterocycles. The minimum absolute atomic E-state index is 0.715. The van der Waals surface area contributed by atoms with Crippen molar-refractivity contribution in [2.75, 3.05) is 6.26 Å². The number of aryl methyl sites for hydroxylation is 2. The molecule has 1 N–H and O–H groups in total. The zero-order valence-corrected chi connectivity index (χ0v) is 11.0. The van der Waals surface area contributed by atoms with Crippen molar-refractivity contribution in [3.8, 4) is 0 Å². The maximum absolute atomic E-state index is 9.19. The molecule has 17 heavy (non-hydrogen) atoms. The lowest BCUT2D eigenvalue weighted by Crippen LogP contribution is -1.88. The molecule has 0 aromatic heterocycles. The first-order chi connectivity index (χ1) is 7.79. The molecule has 2 aromatic carbocycles. The van der Waals surface area contributed by atoms with Gasteiger partial charge in [0.25, 0.3) is 10.1 Å². The van der Waals surface area contributed by atoms with Gasteiger partial charge < -0.3 is 0 Å². The molecule has 0 atom stereocenters. The molecule has 0 amide bonds. The van der Waals surface area contributed by atoms with Crippen molar-refractivity contribution in [2.45, 2.75) is 13.8 Å². The van der Waals surface area contributed by atoms with Crippen LogP contribution in [0, 0.1) is 13.8 Å². The van der Waals surface area contributed by atoms with Crippen LogP contribution in [0.25, 0.3) is 10.8 Å². The molecule has 92 valence electrons. The molecule has 0 saturated carbocycles. The van der Waals surface area contributed by atoms with Crippen molar-refractivity contribution in [3.63, 3.8) is 0 Å².